The molecule has 5 N–H and O–H groups in total. The Labute approximate surface area is 173 Å². The maximum atomic E-state index is 12.4. The van der Waals surface area contributed by atoms with Crippen molar-refractivity contribution in [3.05, 3.63) is 10.6 Å². The number of nitrogens with one attached hydrogen (secondary N) is 3. The van der Waals surface area contributed by atoms with E-state index in [-0.39, 0.29) is 46.9 Å². The summed E-state index contributed by atoms with van der Waals surface area (Å²) < 4.78 is 0. The average Bonchev–Trinajstić information content (AvgIpc) is 3.36. The molecule has 29 heavy (non-hydrogen) atoms. The summed E-state index contributed by atoms with van der Waals surface area (Å²) in [6, 6.07) is -0.430. The number of aliphatic carboxylic acids is 1. The summed E-state index contributed by atoms with van der Waals surface area (Å²) >= 11 is 1.48. The molecule has 0 radical (unpaired) electrons. The van der Waals surface area contributed by atoms with E-state index in [2.05, 4.69) is 16.0 Å². The van der Waals surface area contributed by atoms with Crippen LogP contribution in [0.4, 0.5) is 0 Å². The summed E-state index contributed by atoms with van der Waals surface area (Å²) in [5, 5.41) is 29.3. The lowest BCUT2D eigenvalue weighted by Crippen LogP contribution is -2.63. The Morgan fingerprint density at radius 1 is 1.34 bits per heavy atom. The van der Waals surface area contributed by atoms with Crippen LogP contribution in [-0.2, 0) is 14.4 Å². The molecule has 0 aromatic rings. The van der Waals surface area contributed by atoms with Crippen LogP contribution in [0.5, 0.6) is 0 Å². The van der Waals surface area contributed by atoms with Crippen LogP contribution in [0.3, 0.4) is 0 Å². The first kappa shape index (κ1) is 20.6. The quantitative estimate of drug-likeness (QED) is 0.358. The van der Waals surface area contributed by atoms with Gasteiger partial charge >= 0.3 is 5.97 Å². The van der Waals surface area contributed by atoms with Crippen molar-refractivity contribution in [2.24, 2.45) is 11.8 Å². The van der Waals surface area contributed by atoms with Gasteiger partial charge in [-0.1, -0.05) is 6.92 Å². The molecule has 0 aromatic carbocycles. The van der Waals surface area contributed by atoms with Gasteiger partial charge in [-0.05, 0) is 32.7 Å². The van der Waals surface area contributed by atoms with Gasteiger partial charge in [-0.15, -0.1) is 11.8 Å². The average molecular weight is 425 g/mol. The molecular formula is C19H28N4O5S. The second-order valence-corrected chi connectivity index (χ2v) is 9.71. The van der Waals surface area contributed by atoms with Gasteiger partial charge in [0.05, 0.1) is 30.3 Å². The third-order valence-electron chi connectivity index (χ3n) is 6.39. The van der Waals surface area contributed by atoms with Crippen molar-refractivity contribution in [1.29, 1.82) is 0 Å². The van der Waals surface area contributed by atoms with Gasteiger partial charge < -0.3 is 25.7 Å². The Hall–Kier alpha value is -1.62. The van der Waals surface area contributed by atoms with Gasteiger partial charge in [0.25, 0.3) is 0 Å². The van der Waals surface area contributed by atoms with Gasteiger partial charge in [0.15, 0.2) is 0 Å². The normalized spacial score (nSPS) is 37.5. The molecule has 1 unspecified atom stereocenters. The van der Waals surface area contributed by atoms with Crippen LogP contribution in [-0.4, -0.2) is 75.6 Å². The highest BCUT2D eigenvalue weighted by Gasteiger charge is 2.60. The number of hydrogen-bond acceptors (Lipinski definition) is 7. The van der Waals surface area contributed by atoms with E-state index >= 15 is 0 Å². The van der Waals surface area contributed by atoms with Crippen LogP contribution in [0.25, 0.3) is 0 Å². The lowest BCUT2D eigenvalue weighted by atomic mass is 9.79. The first-order valence-electron chi connectivity index (χ1n) is 10.2. The van der Waals surface area contributed by atoms with Crippen molar-refractivity contribution in [3.63, 3.8) is 0 Å². The first-order valence-corrected chi connectivity index (χ1v) is 11.1. The fourth-order valence-electron chi connectivity index (χ4n) is 4.94. The summed E-state index contributed by atoms with van der Waals surface area (Å²) in [4.78, 5) is 38.7. The van der Waals surface area contributed by atoms with Gasteiger partial charge in [-0.25, -0.2) is 4.79 Å². The minimum absolute atomic E-state index is 0.000137. The molecule has 4 aliphatic rings. The highest BCUT2D eigenvalue weighted by molar-refractivity contribution is 8.03. The van der Waals surface area contributed by atoms with E-state index in [1.807, 2.05) is 6.92 Å². The molecule has 0 aliphatic carbocycles. The van der Waals surface area contributed by atoms with Crippen LogP contribution < -0.4 is 16.0 Å². The van der Waals surface area contributed by atoms with Crippen LogP contribution in [0.1, 0.15) is 33.1 Å². The number of carboxylic acids is 1. The van der Waals surface area contributed by atoms with Gasteiger partial charge in [-0.2, -0.15) is 0 Å². The maximum absolute atomic E-state index is 12.4. The molecule has 9 nitrogen and oxygen atoms in total. The van der Waals surface area contributed by atoms with E-state index in [1.54, 1.807) is 6.92 Å². The molecule has 3 saturated heterocycles. The Balaban J connectivity index is 1.41. The fraction of sp³-hybridized carbons (Fsp3) is 0.737. The van der Waals surface area contributed by atoms with Crippen molar-refractivity contribution in [1.82, 2.24) is 20.9 Å². The first-order chi connectivity index (χ1) is 13.8. The van der Waals surface area contributed by atoms with E-state index in [4.69, 9.17) is 0 Å². The zero-order valence-electron chi connectivity index (χ0n) is 16.6. The smallest absolute Gasteiger partial charge is 0.353 e. The molecule has 3 fully saturated rings. The maximum Gasteiger partial charge on any atom is 0.353 e. The van der Waals surface area contributed by atoms with E-state index < -0.39 is 18.0 Å². The molecule has 4 rings (SSSR count). The van der Waals surface area contributed by atoms with Crippen molar-refractivity contribution in [3.8, 4) is 0 Å². The van der Waals surface area contributed by atoms with Gasteiger partial charge in [0, 0.05) is 22.6 Å². The molecule has 4 heterocycles. The van der Waals surface area contributed by atoms with Gasteiger partial charge in [-0.3, -0.25) is 14.9 Å². The predicted molar refractivity (Wildman–Crippen MR) is 107 cm³/mol. The van der Waals surface area contributed by atoms with Crippen LogP contribution in [0.15, 0.2) is 10.6 Å². The Bertz CT molecular complexity index is 751. The number of aliphatic hydroxyl groups is 1. The van der Waals surface area contributed by atoms with Crippen molar-refractivity contribution >= 4 is 29.5 Å². The number of aliphatic hydroxyl groups excluding tert-OH is 1. The second-order valence-electron chi connectivity index (χ2n) is 8.37. The third kappa shape index (κ3) is 3.56. The molecule has 2 amide bonds. The zero-order valence-corrected chi connectivity index (χ0v) is 17.4. The number of hydrogen-bond donors (Lipinski definition) is 5. The molecule has 7 atom stereocenters. The molecule has 10 heteroatoms. The predicted octanol–water partition coefficient (Wildman–Crippen LogP) is -0.570. The molecule has 0 saturated carbocycles. The topological polar surface area (TPSA) is 131 Å². The number of rotatable bonds is 6. The number of fused-ring (bicyclic) bond motifs is 1. The highest BCUT2D eigenvalue weighted by atomic mass is 32.2. The van der Waals surface area contributed by atoms with Crippen LogP contribution >= 0.6 is 11.8 Å². The van der Waals surface area contributed by atoms with E-state index in [0.29, 0.717) is 17.9 Å². The Morgan fingerprint density at radius 3 is 2.72 bits per heavy atom. The molecule has 160 valence electrons. The number of thioether (sulfide) groups is 1. The van der Waals surface area contributed by atoms with E-state index in [0.717, 1.165) is 19.4 Å². The molecule has 0 spiro atoms. The summed E-state index contributed by atoms with van der Waals surface area (Å²) in [6.07, 6.45) is 1.59. The van der Waals surface area contributed by atoms with Gasteiger partial charge in [0.1, 0.15) is 5.70 Å². The lowest BCUT2D eigenvalue weighted by Gasteiger charge is -2.46. The van der Waals surface area contributed by atoms with Crippen molar-refractivity contribution in [2.75, 3.05) is 13.1 Å². The minimum atomic E-state index is -1.11. The van der Waals surface area contributed by atoms with E-state index in [1.165, 1.54) is 16.7 Å². The Kier molecular flexibility index (Phi) is 5.62. The number of carbonyl (C=O) groups excluding carboxylic acids is 2. The zero-order chi connectivity index (χ0) is 20.9. The third-order valence-corrected chi connectivity index (χ3v) is 7.90. The summed E-state index contributed by atoms with van der Waals surface area (Å²) in [5.74, 6) is -2.12. The lowest BCUT2D eigenvalue weighted by molar-refractivity contribution is -0.163. The SMILES string of the molecule is C[C@@H](O)[C@H]1C(=O)N2C(C(=O)O)=C(S[C@@H]3CN[C@@H](NC(=O)C4CCCN4)C3)[C@H](C)[C@H]12. The molecule has 0 aromatic heterocycles. The van der Waals surface area contributed by atoms with Gasteiger partial charge in [0.2, 0.25) is 11.8 Å². The number of amides is 2. The highest BCUT2D eigenvalue weighted by Crippen LogP contribution is 2.51. The summed E-state index contributed by atoms with van der Waals surface area (Å²) in [6.45, 7) is 5.01. The molecule has 0 bridgehead atoms. The van der Waals surface area contributed by atoms with Crippen molar-refractivity contribution in [2.45, 2.75) is 62.7 Å². The monoisotopic (exact) mass is 424 g/mol. The fourth-order valence-corrected chi connectivity index (χ4v) is 6.42. The number of β-lactam (4-membered cyclic amide) rings is 1. The molecule has 4 aliphatic heterocycles. The number of carbonyl (C=O) groups is 3. The number of carboxylic acid groups (broad SMARTS) is 1. The van der Waals surface area contributed by atoms with Crippen LogP contribution in [0, 0.1) is 11.8 Å². The molecular weight excluding hydrogens is 396 g/mol. The minimum Gasteiger partial charge on any atom is -0.477 e. The standard InChI is InChI=1S/C19H28N4O5S/c1-8-14-13(9(2)24)18(26)23(14)15(19(27)28)16(8)29-10-6-12(21-7-10)22-17(25)11-4-3-5-20-11/h8-14,20-21,24H,3-7H2,1-2H3,(H,22,25)(H,27,28)/t8-,9-,10+,11?,12+,13-,14-/m1/s1. The van der Waals surface area contributed by atoms with Crippen molar-refractivity contribution < 1.29 is 24.6 Å². The largest absolute Gasteiger partial charge is 0.477 e. The van der Waals surface area contributed by atoms with E-state index in [9.17, 15) is 24.6 Å². The van der Waals surface area contributed by atoms with Crippen LogP contribution in [0.2, 0.25) is 0 Å². The Morgan fingerprint density at radius 2 is 2.10 bits per heavy atom. The number of nitrogens with zero attached hydrogens (tertiary/aromatic N) is 1. The second kappa shape index (κ2) is 7.90. The summed E-state index contributed by atoms with van der Waals surface area (Å²) in [7, 11) is 0. The summed E-state index contributed by atoms with van der Waals surface area (Å²) in [5.41, 5.74) is 0.0528.